The average molecular weight is 347 g/mol. The normalized spacial score (nSPS) is 14.8. The van der Waals surface area contributed by atoms with Gasteiger partial charge in [0.05, 0.1) is 20.6 Å². The monoisotopic (exact) mass is 347 g/mol. The minimum Gasteiger partial charge on any atom is -0.497 e. The Bertz CT molecular complexity index is 549. The van der Waals surface area contributed by atoms with Crippen molar-refractivity contribution in [2.75, 3.05) is 20.8 Å². The molecular formula is C20H29NO4. The van der Waals surface area contributed by atoms with Crippen LogP contribution in [0, 0.1) is 5.92 Å². The van der Waals surface area contributed by atoms with Crippen LogP contribution in [0.2, 0.25) is 0 Å². The fraction of sp³-hybridized carbons (Fsp3) is 0.600. The van der Waals surface area contributed by atoms with E-state index in [2.05, 4.69) is 0 Å². The zero-order valence-electron chi connectivity index (χ0n) is 15.3. The highest BCUT2D eigenvalue weighted by molar-refractivity contribution is 5.77. The summed E-state index contributed by atoms with van der Waals surface area (Å²) in [6.45, 7) is 0.900. The van der Waals surface area contributed by atoms with E-state index in [1.165, 1.54) is 26.4 Å². The minimum absolute atomic E-state index is 0.131. The van der Waals surface area contributed by atoms with Crippen molar-refractivity contribution in [3.63, 3.8) is 0 Å². The first kappa shape index (κ1) is 19.3. The Hall–Kier alpha value is -2.04. The van der Waals surface area contributed by atoms with Crippen LogP contribution in [0.3, 0.4) is 0 Å². The zero-order chi connectivity index (χ0) is 18.1. The largest absolute Gasteiger partial charge is 0.497 e. The van der Waals surface area contributed by atoms with E-state index in [1.54, 1.807) is 12.0 Å². The molecule has 0 heterocycles. The van der Waals surface area contributed by atoms with Gasteiger partial charge >= 0.3 is 5.97 Å². The summed E-state index contributed by atoms with van der Waals surface area (Å²) in [5, 5.41) is 0. The van der Waals surface area contributed by atoms with Gasteiger partial charge in [-0.25, -0.2) is 0 Å². The predicted octanol–water partition coefficient (Wildman–Crippen LogP) is 3.56. The van der Waals surface area contributed by atoms with Crippen LogP contribution < -0.4 is 4.74 Å². The lowest BCUT2D eigenvalue weighted by Gasteiger charge is -2.27. The molecule has 25 heavy (non-hydrogen) atoms. The van der Waals surface area contributed by atoms with E-state index in [4.69, 9.17) is 9.47 Å². The lowest BCUT2D eigenvalue weighted by molar-refractivity contribution is -0.142. The number of amides is 1. The van der Waals surface area contributed by atoms with Crippen molar-refractivity contribution in [3.05, 3.63) is 29.8 Å². The summed E-state index contributed by atoms with van der Waals surface area (Å²) in [6.07, 6.45) is 6.80. The maximum absolute atomic E-state index is 12.8. The third-order valence-electron chi connectivity index (χ3n) is 4.89. The first-order valence-electron chi connectivity index (χ1n) is 9.10. The number of ether oxygens (including phenoxy) is 2. The van der Waals surface area contributed by atoms with Crippen molar-refractivity contribution in [3.8, 4) is 5.75 Å². The molecule has 0 unspecified atom stereocenters. The second-order valence-electron chi connectivity index (χ2n) is 6.70. The van der Waals surface area contributed by atoms with Crippen LogP contribution >= 0.6 is 0 Å². The lowest BCUT2D eigenvalue weighted by Crippen LogP contribution is -2.34. The Morgan fingerprint density at radius 2 is 1.76 bits per heavy atom. The molecule has 0 radical (unpaired) electrons. The molecule has 1 aliphatic carbocycles. The quantitative estimate of drug-likeness (QED) is 0.675. The average Bonchev–Trinajstić information content (AvgIpc) is 2.66. The number of methoxy groups -OCH3 is 2. The Labute approximate surface area is 150 Å². The van der Waals surface area contributed by atoms with Gasteiger partial charge in [-0.1, -0.05) is 31.4 Å². The van der Waals surface area contributed by atoms with Gasteiger partial charge in [0.25, 0.3) is 0 Å². The molecule has 0 spiro atoms. The van der Waals surface area contributed by atoms with E-state index in [-0.39, 0.29) is 18.3 Å². The van der Waals surface area contributed by atoms with Crippen molar-refractivity contribution in [2.24, 2.45) is 5.92 Å². The van der Waals surface area contributed by atoms with Crippen molar-refractivity contribution in [2.45, 2.75) is 51.5 Å². The van der Waals surface area contributed by atoms with Crippen LogP contribution in [0.1, 0.15) is 50.5 Å². The molecule has 1 aliphatic rings. The van der Waals surface area contributed by atoms with Crippen molar-refractivity contribution >= 4 is 11.9 Å². The summed E-state index contributed by atoms with van der Waals surface area (Å²) < 4.78 is 9.89. The molecule has 0 atom stereocenters. The lowest BCUT2D eigenvalue weighted by atomic mass is 9.86. The summed E-state index contributed by atoms with van der Waals surface area (Å²) in [7, 11) is 3.01. The van der Waals surface area contributed by atoms with Crippen LogP contribution in [0.5, 0.6) is 5.75 Å². The Morgan fingerprint density at radius 3 is 2.36 bits per heavy atom. The molecule has 0 aromatic heterocycles. The van der Waals surface area contributed by atoms with Crippen LogP contribution in [-0.2, 0) is 20.9 Å². The third kappa shape index (κ3) is 6.40. The number of carbonyl (C=O) groups excluding carboxylic acids is 2. The number of hydrogen-bond acceptors (Lipinski definition) is 4. The first-order chi connectivity index (χ1) is 12.1. The fourth-order valence-corrected chi connectivity index (χ4v) is 3.34. The Morgan fingerprint density at radius 1 is 1.08 bits per heavy atom. The van der Waals surface area contributed by atoms with E-state index in [1.807, 2.05) is 24.3 Å². The maximum atomic E-state index is 12.8. The van der Waals surface area contributed by atoms with Crippen molar-refractivity contribution in [1.82, 2.24) is 4.90 Å². The molecule has 1 amide bonds. The van der Waals surface area contributed by atoms with Gasteiger partial charge in [-0.05, 0) is 36.5 Å². The van der Waals surface area contributed by atoms with Crippen LogP contribution in [0.4, 0.5) is 0 Å². The molecule has 1 aromatic rings. The highest BCUT2D eigenvalue weighted by Gasteiger charge is 2.22. The summed E-state index contributed by atoms with van der Waals surface area (Å²) >= 11 is 0. The third-order valence-corrected chi connectivity index (χ3v) is 4.89. The van der Waals surface area contributed by atoms with Gasteiger partial charge in [-0.15, -0.1) is 0 Å². The molecule has 5 heteroatoms. The minimum atomic E-state index is -0.287. The number of benzene rings is 1. The predicted molar refractivity (Wildman–Crippen MR) is 96.2 cm³/mol. The highest BCUT2D eigenvalue weighted by Crippen LogP contribution is 2.27. The molecule has 0 saturated heterocycles. The van der Waals surface area contributed by atoms with Crippen molar-refractivity contribution in [1.29, 1.82) is 0 Å². The standard InChI is InChI=1S/C20H29NO4/c1-24-18-10-8-17(9-11-18)15-21(13-12-20(23)25-2)19(22)14-16-6-4-3-5-7-16/h8-11,16H,3-7,12-15H2,1-2H3. The molecule has 0 aliphatic heterocycles. The van der Waals surface area contributed by atoms with Crippen LogP contribution in [0.15, 0.2) is 24.3 Å². The van der Waals surface area contributed by atoms with Crippen LogP contribution in [0.25, 0.3) is 0 Å². The maximum Gasteiger partial charge on any atom is 0.307 e. The molecule has 1 saturated carbocycles. The number of esters is 1. The Balaban J connectivity index is 1.99. The number of rotatable bonds is 8. The van der Waals surface area contributed by atoms with Gasteiger partial charge in [0.2, 0.25) is 5.91 Å². The summed E-state index contributed by atoms with van der Waals surface area (Å²) in [5.74, 6) is 1.12. The molecular weight excluding hydrogens is 318 g/mol. The van der Waals surface area contributed by atoms with E-state index >= 15 is 0 Å². The molecule has 0 N–H and O–H groups in total. The summed E-state index contributed by atoms with van der Waals surface area (Å²) in [6, 6.07) is 7.69. The molecule has 138 valence electrons. The molecule has 5 nitrogen and oxygen atoms in total. The van der Waals surface area contributed by atoms with E-state index in [0.717, 1.165) is 24.2 Å². The first-order valence-corrected chi connectivity index (χ1v) is 9.10. The van der Waals surface area contributed by atoms with Gasteiger partial charge < -0.3 is 14.4 Å². The van der Waals surface area contributed by atoms with Gasteiger partial charge in [0.15, 0.2) is 0 Å². The van der Waals surface area contributed by atoms with Crippen LogP contribution in [-0.4, -0.2) is 37.5 Å². The molecule has 0 bridgehead atoms. The SMILES string of the molecule is COC(=O)CCN(Cc1ccc(OC)cc1)C(=O)CC1CCCCC1. The number of carbonyl (C=O) groups is 2. The molecule has 2 rings (SSSR count). The molecule has 1 aromatic carbocycles. The van der Waals surface area contributed by atoms with Gasteiger partial charge in [-0.3, -0.25) is 9.59 Å². The van der Waals surface area contributed by atoms with Crippen molar-refractivity contribution < 1.29 is 19.1 Å². The zero-order valence-corrected chi connectivity index (χ0v) is 15.3. The van der Waals surface area contributed by atoms with Gasteiger partial charge in [0.1, 0.15) is 5.75 Å². The van der Waals surface area contributed by atoms with E-state index < -0.39 is 0 Å². The summed E-state index contributed by atoms with van der Waals surface area (Å²) in [4.78, 5) is 26.1. The van der Waals surface area contributed by atoms with Gasteiger partial charge in [0, 0.05) is 19.5 Å². The smallest absolute Gasteiger partial charge is 0.307 e. The van der Waals surface area contributed by atoms with E-state index in [9.17, 15) is 9.59 Å². The van der Waals surface area contributed by atoms with E-state index in [0.29, 0.717) is 25.4 Å². The second kappa shape index (κ2) is 10.1. The Kier molecular flexibility index (Phi) is 7.76. The highest BCUT2D eigenvalue weighted by atomic mass is 16.5. The van der Waals surface area contributed by atoms with Gasteiger partial charge in [-0.2, -0.15) is 0 Å². The number of nitrogens with zero attached hydrogens (tertiary/aromatic N) is 1. The fourth-order valence-electron chi connectivity index (χ4n) is 3.34. The topological polar surface area (TPSA) is 55.8 Å². The molecule has 1 fully saturated rings. The number of hydrogen-bond donors (Lipinski definition) is 0. The second-order valence-corrected chi connectivity index (χ2v) is 6.70. The summed E-state index contributed by atoms with van der Waals surface area (Å²) in [5.41, 5.74) is 1.03.